The second-order valence-corrected chi connectivity index (χ2v) is 10.1. The van der Waals surface area contributed by atoms with Crippen molar-refractivity contribution in [1.82, 2.24) is 0 Å². The molecule has 0 aromatic heterocycles. The number of esters is 2. The molecule has 0 saturated heterocycles. The summed E-state index contributed by atoms with van der Waals surface area (Å²) in [5, 5.41) is 11.2. The van der Waals surface area contributed by atoms with E-state index in [-0.39, 0.29) is 46.2 Å². The van der Waals surface area contributed by atoms with E-state index in [1.165, 1.54) is 32.0 Å². The van der Waals surface area contributed by atoms with Gasteiger partial charge >= 0.3 is 11.9 Å². The molecule has 2 rings (SSSR count). The zero-order chi connectivity index (χ0) is 26.1. The molecule has 1 aromatic carbocycles. The number of nitro groups is 1. The van der Waals surface area contributed by atoms with Crippen molar-refractivity contribution in [2.24, 2.45) is 10.9 Å². The summed E-state index contributed by atoms with van der Waals surface area (Å²) in [5.41, 5.74) is 0.948. The van der Waals surface area contributed by atoms with E-state index in [2.05, 4.69) is 4.99 Å². The maximum atomic E-state index is 13.1. The first kappa shape index (κ1) is 28.2. The third-order valence-corrected chi connectivity index (χ3v) is 6.55. The number of ether oxygens (including phenoxy) is 2. The van der Waals surface area contributed by atoms with Gasteiger partial charge in [0.2, 0.25) is 0 Å². The number of carbonyl (C=O) groups is 4. The van der Waals surface area contributed by atoms with Crippen molar-refractivity contribution in [1.29, 1.82) is 0 Å². The number of benzene rings is 1. The molecule has 2 unspecified atom stereocenters. The summed E-state index contributed by atoms with van der Waals surface area (Å²) in [6.07, 6.45) is 0. The van der Waals surface area contributed by atoms with Crippen molar-refractivity contribution in [3.8, 4) is 0 Å². The van der Waals surface area contributed by atoms with E-state index in [1.807, 2.05) is 0 Å². The average molecular weight is 523 g/mol. The van der Waals surface area contributed by atoms with Crippen LogP contribution in [-0.2, 0) is 28.7 Å². The highest BCUT2D eigenvalue weighted by Crippen LogP contribution is 2.41. The molecule has 1 heterocycles. The van der Waals surface area contributed by atoms with Crippen LogP contribution in [0.4, 0.5) is 5.69 Å². The van der Waals surface area contributed by atoms with Crippen LogP contribution in [0.2, 0.25) is 0 Å². The van der Waals surface area contributed by atoms with Crippen molar-refractivity contribution >= 4 is 57.1 Å². The summed E-state index contributed by atoms with van der Waals surface area (Å²) in [6.45, 7) is 5.96. The number of allylic oxidation sites excluding steroid dienone is 1. The van der Waals surface area contributed by atoms with Crippen LogP contribution >= 0.6 is 23.5 Å². The minimum Gasteiger partial charge on any atom is -0.464 e. The lowest BCUT2D eigenvalue weighted by Gasteiger charge is -2.31. The molecule has 10 nitrogen and oxygen atoms in total. The molecule has 1 aromatic rings. The lowest BCUT2D eigenvalue weighted by molar-refractivity contribution is -0.384. The number of hydrogen-bond acceptors (Lipinski definition) is 11. The minimum atomic E-state index is -1.03. The number of thioether (sulfide) groups is 2. The molecule has 1 aliphatic rings. The molecular weight excluding hydrogens is 496 g/mol. The molecule has 0 N–H and O–H groups in total. The van der Waals surface area contributed by atoms with E-state index in [4.69, 9.17) is 9.47 Å². The molecule has 0 saturated carbocycles. The molecule has 0 fully saturated rings. The highest BCUT2D eigenvalue weighted by molar-refractivity contribution is 8.13. The van der Waals surface area contributed by atoms with Gasteiger partial charge < -0.3 is 9.47 Å². The molecular formula is C23H26N2O8S2. The van der Waals surface area contributed by atoms with Gasteiger partial charge in [-0.05, 0) is 19.4 Å². The molecule has 12 heteroatoms. The maximum Gasteiger partial charge on any atom is 0.336 e. The van der Waals surface area contributed by atoms with Gasteiger partial charge in [0.1, 0.15) is 19.1 Å². The smallest absolute Gasteiger partial charge is 0.336 e. The van der Waals surface area contributed by atoms with Crippen LogP contribution in [0.15, 0.2) is 40.5 Å². The molecule has 0 amide bonds. The van der Waals surface area contributed by atoms with Gasteiger partial charge in [-0.15, -0.1) is 0 Å². The molecule has 0 aliphatic carbocycles. The zero-order valence-corrected chi connectivity index (χ0v) is 21.4. The Bertz CT molecular complexity index is 1080. The summed E-state index contributed by atoms with van der Waals surface area (Å²) in [5.74, 6) is -2.84. The minimum absolute atomic E-state index is 0.0285. The number of carbonyl (C=O) groups excluding carboxylic acids is 4. The monoisotopic (exact) mass is 522 g/mol. The Balaban J connectivity index is 2.42. The third-order valence-electron chi connectivity index (χ3n) is 5.00. The molecule has 0 bridgehead atoms. The van der Waals surface area contributed by atoms with Crippen molar-refractivity contribution in [2.45, 2.75) is 33.6 Å². The van der Waals surface area contributed by atoms with Crippen molar-refractivity contribution in [3.05, 3.63) is 51.2 Å². The number of rotatable bonds is 10. The second kappa shape index (κ2) is 13.2. The number of hydrogen-bond donors (Lipinski definition) is 0. The van der Waals surface area contributed by atoms with Crippen LogP contribution in [0.3, 0.4) is 0 Å². The summed E-state index contributed by atoms with van der Waals surface area (Å²) in [6, 6.07) is 5.69. The SMILES string of the molecule is CC(=O)SCCOC(=O)C1=C(C)N=C(C)C(C(=O)OCCSC(C)=O)C1c1cccc([N+](=O)[O-])c1. The number of nitro benzene ring substituents is 1. The van der Waals surface area contributed by atoms with Crippen LogP contribution < -0.4 is 0 Å². The number of non-ortho nitro benzene ring substituents is 1. The Labute approximate surface area is 211 Å². The van der Waals surface area contributed by atoms with Crippen molar-refractivity contribution < 1.29 is 33.6 Å². The van der Waals surface area contributed by atoms with Gasteiger partial charge in [0.15, 0.2) is 10.2 Å². The fourth-order valence-electron chi connectivity index (χ4n) is 3.61. The first-order valence-electron chi connectivity index (χ1n) is 10.6. The van der Waals surface area contributed by atoms with Gasteiger partial charge in [-0.2, -0.15) is 0 Å². The molecule has 0 spiro atoms. The fourth-order valence-corrected chi connectivity index (χ4v) is 4.52. The topological polar surface area (TPSA) is 142 Å². The van der Waals surface area contributed by atoms with Crippen LogP contribution in [-0.4, -0.2) is 57.5 Å². The number of aliphatic imine (C=N–C) groups is 1. The highest BCUT2D eigenvalue weighted by Gasteiger charge is 2.42. The van der Waals surface area contributed by atoms with Crippen molar-refractivity contribution in [2.75, 3.05) is 24.7 Å². The zero-order valence-electron chi connectivity index (χ0n) is 19.8. The van der Waals surface area contributed by atoms with Gasteiger partial charge in [0.25, 0.3) is 5.69 Å². The van der Waals surface area contributed by atoms with E-state index in [0.717, 1.165) is 23.5 Å². The average Bonchev–Trinajstić information content (AvgIpc) is 2.78. The highest BCUT2D eigenvalue weighted by atomic mass is 32.2. The predicted octanol–water partition coefficient (Wildman–Crippen LogP) is 3.69. The Kier molecular flexibility index (Phi) is 10.6. The van der Waals surface area contributed by atoms with Crippen LogP contribution in [0, 0.1) is 16.0 Å². The summed E-state index contributed by atoms with van der Waals surface area (Å²) < 4.78 is 10.7. The summed E-state index contributed by atoms with van der Waals surface area (Å²) in [7, 11) is 0. The molecule has 188 valence electrons. The van der Waals surface area contributed by atoms with Gasteiger partial charge in [-0.3, -0.25) is 29.5 Å². The van der Waals surface area contributed by atoms with Crippen LogP contribution in [0.1, 0.15) is 39.2 Å². The number of nitrogens with zero attached hydrogens (tertiary/aromatic N) is 2. The second-order valence-electron chi connectivity index (χ2n) is 7.54. The van der Waals surface area contributed by atoms with Crippen molar-refractivity contribution in [3.63, 3.8) is 0 Å². The normalized spacial score (nSPS) is 17.4. The van der Waals surface area contributed by atoms with E-state index in [0.29, 0.717) is 17.0 Å². The quantitative estimate of drug-likeness (QED) is 0.193. The molecule has 0 radical (unpaired) electrons. The molecule has 1 aliphatic heterocycles. The first-order valence-corrected chi connectivity index (χ1v) is 12.6. The molecule has 2 atom stereocenters. The van der Waals surface area contributed by atoms with Gasteiger partial charge in [-0.1, -0.05) is 35.7 Å². The van der Waals surface area contributed by atoms with Gasteiger partial charge in [0.05, 0.1) is 10.5 Å². The van der Waals surface area contributed by atoms with Crippen LogP contribution in [0.5, 0.6) is 0 Å². The summed E-state index contributed by atoms with van der Waals surface area (Å²) >= 11 is 2.02. The summed E-state index contributed by atoms with van der Waals surface area (Å²) in [4.78, 5) is 63.7. The van der Waals surface area contributed by atoms with Gasteiger partial charge in [0, 0.05) is 54.8 Å². The lowest BCUT2D eigenvalue weighted by Crippen LogP contribution is -2.37. The first-order chi connectivity index (χ1) is 16.5. The van der Waals surface area contributed by atoms with E-state index < -0.39 is 28.7 Å². The standard InChI is InChI=1S/C23H26N2O8S2/c1-13-19(22(28)32-8-10-34-15(3)26)21(17-6-5-7-18(12-17)25(30)31)20(14(2)24-13)23(29)33-9-11-35-16(4)27/h5-7,12,19,21H,8-11H2,1-4H3. The predicted molar refractivity (Wildman–Crippen MR) is 133 cm³/mol. The van der Waals surface area contributed by atoms with E-state index in [9.17, 15) is 29.3 Å². The van der Waals surface area contributed by atoms with E-state index in [1.54, 1.807) is 19.9 Å². The van der Waals surface area contributed by atoms with Gasteiger partial charge in [-0.25, -0.2) is 4.79 Å². The van der Waals surface area contributed by atoms with Crippen LogP contribution in [0.25, 0.3) is 0 Å². The molecule has 35 heavy (non-hydrogen) atoms. The van der Waals surface area contributed by atoms with E-state index >= 15 is 0 Å². The fraction of sp³-hybridized carbons (Fsp3) is 0.435. The largest absolute Gasteiger partial charge is 0.464 e. The lowest BCUT2D eigenvalue weighted by atomic mass is 9.75. The maximum absolute atomic E-state index is 13.1. The Morgan fingerprint density at radius 3 is 2.20 bits per heavy atom. The Morgan fingerprint density at radius 1 is 1.03 bits per heavy atom. The third kappa shape index (κ3) is 8.03. The Hall–Kier alpha value is -2.99. The Morgan fingerprint density at radius 2 is 1.63 bits per heavy atom.